The van der Waals surface area contributed by atoms with Gasteiger partial charge in [-0.05, 0) is 19.3 Å². The Labute approximate surface area is 160 Å². The van der Waals surface area contributed by atoms with E-state index in [9.17, 15) is 23.7 Å². The largest absolute Gasteiger partial charge is 0.397 e. The monoisotopic (exact) mass is 412 g/mol. The van der Waals surface area contributed by atoms with Crippen LogP contribution in [0.5, 0.6) is 0 Å². The molecule has 0 aliphatic carbocycles. The number of aliphatic hydroxyl groups excluding tert-OH is 3. The van der Waals surface area contributed by atoms with Gasteiger partial charge < -0.3 is 24.8 Å². The van der Waals surface area contributed by atoms with Gasteiger partial charge in [0.1, 0.15) is 24.4 Å². The van der Waals surface area contributed by atoms with Gasteiger partial charge in [-0.25, -0.2) is 4.18 Å². The molecule has 0 unspecified atom stereocenters. The van der Waals surface area contributed by atoms with Gasteiger partial charge in [0.2, 0.25) is 0 Å². The molecule has 1 rings (SSSR count). The van der Waals surface area contributed by atoms with E-state index in [0.717, 1.165) is 32.1 Å². The summed E-state index contributed by atoms with van der Waals surface area (Å²) in [6, 6.07) is 0. The smallest absolute Gasteiger partial charge is 0.387 e. The lowest BCUT2D eigenvalue weighted by Gasteiger charge is -2.39. The van der Waals surface area contributed by atoms with Crippen LogP contribution in [0.2, 0.25) is 0 Å². The van der Waals surface area contributed by atoms with E-state index in [1.807, 2.05) is 6.08 Å². The molecule has 9 nitrogen and oxygen atoms in total. The van der Waals surface area contributed by atoms with Crippen molar-refractivity contribution in [2.75, 3.05) is 13.2 Å². The molecular formula is C17H32O9S. The first-order valence-electron chi connectivity index (χ1n) is 9.30. The number of aliphatic hydroxyl groups is 3. The molecule has 0 radical (unpaired) electrons. The maximum absolute atomic E-state index is 10.6. The summed E-state index contributed by atoms with van der Waals surface area (Å²) in [5, 5.41) is 29.6. The lowest BCUT2D eigenvalue weighted by atomic mass is 9.99. The highest BCUT2D eigenvalue weighted by atomic mass is 32.3. The van der Waals surface area contributed by atoms with Crippen LogP contribution in [0.4, 0.5) is 0 Å². The summed E-state index contributed by atoms with van der Waals surface area (Å²) in [4.78, 5) is 0. The molecule has 5 atom stereocenters. The zero-order valence-corrected chi connectivity index (χ0v) is 16.3. The second-order valence-electron chi connectivity index (χ2n) is 6.65. The second-order valence-corrected chi connectivity index (χ2v) is 7.74. The summed E-state index contributed by atoms with van der Waals surface area (Å²) in [5.41, 5.74) is 0. The molecule has 1 heterocycles. The Morgan fingerprint density at radius 3 is 2.11 bits per heavy atom. The highest BCUT2D eigenvalue weighted by molar-refractivity contribution is 7.80. The molecule has 0 aromatic rings. The molecule has 0 spiro atoms. The van der Waals surface area contributed by atoms with Crippen LogP contribution in [-0.2, 0) is 24.1 Å². The minimum absolute atomic E-state index is 0.285. The van der Waals surface area contributed by atoms with Crippen LogP contribution >= 0.6 is 0 Å². The zero-order valence-electron chi connectivity index (χ0n) is 15.5. The van der Waals surface area contributed by atoms with Crippen molar-refractivity contribution in [1.29, 1.82) is 0 Å². The third kappa shape index (κ3) is 9.95. The van der Waals surface area contributed by atoms with E-state index in [-0.39, 0.29) is 6.61 Å². The van der Waals surface area contributed by atoms with Gasteiger partial charge in [0, 0.05) is 6.61 Å². The van der Waals surface area contributed by atoms with E-state index in [4.69, 9.17) is 14.0 Å². The summed E-state index contributed by atoms with van der Waals surface area (Å²) < 4.78 is 44.7. The summed E-state index contributed by atoms with van der Waals surface area (Å²) in [5.74, 6) is 0. The van der Waals surface area contributed by atoms with Gasteiger partial charge in [0.15, 0.2) is 6.29 Å². The van der Waals surface area contributed by atoms with Crippen LogP contribution in [0.25, 0.3) is 0 Å². The van der Waals surface area contributed by atoms with Crippen molar-refractivity contribution in [3.63, 3.8) is 0 Å². The first-order valence-corrected chi connectivity index (χ1v) is 10.7. The van der Waals surface area contributed by atoms with Crippen molar-refractivity contribution in [2.24, 2.45) is 0 Å². The van der Waals surface area contributed by atoms with E-state index < -0.39 is 47.7 Å². The Morgan fingerprint density at radius 1 is 0.926 bits per heavy atom. The van der Waals surface area contributed by atoms with Crippen molar-refractivity contribution < 1.29 is 41.9 Å². The molecule has 1 aliphatic rings. The van der Waals surface area contributed by atoms with E-state index in [1.54, 1.807) is 0 Å². The van der Waals surface area contributed by atoms with Gasteiger partial charge in [0.25, 0.3) is 0 Å². The fourth-order valence-electron chi connectivity index (χ4n) is 2.82. The summed E-state index contributed by atoms with van der Waals surface area (Å²) in [6.07, 6.45) is 3.26. The number of hydrogen-bond donors (Lipinski definition) is 4. The molecule has 0 amide bonds. The summed E-state index contributed by atoms with van der Waals surface area (Å²) in [6.45, 7) is 3.26. The van der Waals surface area contributed by atoms with Crippen LogP contribution < -0.4 is 0 Å². The van der Waals surface area contributed by atoms with E-state index >= 15 is 0 Å². The number of ether oxygens (including phenoxy) is 2. The first-order chi connectivity index (χ1) is 12.8. The zero-order chi connectivity index (χ0) is 20.3. The van der Waals surface area contributed by atoms with Crippen molar-refractivity contribution in [3.05, 3.63) is 12.7 Å². The molecule has 0 saturated carbocycles. The molecule has 0 aromatic carbocycles. The van der Waals surface area contributed by atoms with Crippen molar-refractivity contribution in [3.8, 4) is 0 Å². The lowest BCUT2D eigenvalue weighted by molar-refractivity contribution is -0.300. The summed E-state index contributed by atoms with van der Waals surface area (Å²) >= 11 is 0. The topological polar surface area (TPSA) is 143 Å². The number of rotatable bonds is 14. The van der Waals surface area contributed by atoms with Gasteiger partial charge >= 0.3 is 10.4 Å². The average Bonchev–Trinajstić information content (AvgIpc) is 2.61. The standard InChI is InChI=1S/C17H32O9S/c1-2-3-4-5-6-7-8-9-10-11-24-17-16(20)15(19)14(18)13(26-17)12-25-27(21,22)23/h2,13-20H,1,3-12H2,(H,21,22,23)/t13-,14-,15+,16-,17-/m1/s1. The Balaban J connectivity index is 2.25. The Bertz CT molecular complexity index is 511. The minimum Gasteiger partial charge on any atom is -0.387 e. The maximum Gasteiger partial charge on any atom is 0.397 e. The fraction of sp³-hybridized carbons (Fsp3) is 0.882. The number of allylic oxidation sites excluding steroid dienone is 1. The lowest BCUT2D eigenvalue weighted by Crippen LogP contribution is -2.59. The van der Waals surface area contributed by atoms with Crippen molar-refractivity contribution >= 4 is 10.4 Å². The molecule has 0 aromatic heterocycles. The number of unbranched alkanes of at least 4 members (excludes halogenated alkanes) is 7. The normalized spacial score (nSPS) is 29.0. The van der Waals surface area contributed by atoms with Gasteiger partial charge in [-0.3, -0.25) is 4.55 Å². The third-order valence-electron chi connectivity index (χ3n) is 4.38. The molecule has 1 fully saturated rings. The van der Waals surface area contributed by atoms with Crippen LogP contribution in [0.3, 0.4) is 0 Å². The minimum atomic E-state index is -4.71. The number of hydrogen-bond acceptors (Lipinski definition) is 8. The van der Waals surface area contributed by atoms with Gasteiger partial charge in [-0.15, -0.1) is 6.58 Å². The van der Waals surface area contributed by atoms with Crippen LogP contribution in [0.15, 0.2) is 12.7 Å². The Kier molecular flexibility index (Phi) is 11.6. The highest BCUT2D eigenvalue weighted by Crippen LogP contribution is 2.23. The van der Waals surface area contributed by atoms with E-state index in [0.29, 0.717) is 0 Å². The van der Waals surface area contributed by atoms with Gasteiger partial charge in [-0.1, -0.05) is 38.2 Å². The van der Waals surface area contributed by atoms with Crippen molar-refractivity contribution in [2.45, 2.75) is 82.1 Å². The van der Waals surface area contributed by atoms with Crippen molar-refractivity contribution in [1.82, 2.24) is 0 Å². The average molecular weight is 413 g/mol. The molecule has 4 N–H and O–H groups in total. The first kappa shape index (κ1) is 24.4. The molecular weight excluding hydrogens is 380 g/mol. The predicted molar refractivity (Wildman–Crippen MR) is 97.3 cm³/mol. The fourth-order valence-corrected chi connectivity index (χ4v) is 3.13. The second kappa shape index (κ2) is 12.8. The Hall–Kier alpha value is -0.590. The molecule has 1 saturated heterocycles. The van der Waals surface area contributed by atoms with Gasteiger partial charge in [-0.2, -0.15) is 8.42 Å². The molecule has 27 heavy (non-hydrogen) atoms. The van der Waals surface area contributed by atoms with Crippen LogP contribution in [-0.4, -0.2) is 72.2 Å². The highest BCUT2D eigenvalue weighted by Gasteiger charge is 2.44. The van der Waals surface area contributed by atoms with E-state index in [2.05, 4.69) is 10.8 Å². The summed E-state index contributed by atoms with van der Waals surface area (Å²) in [7, 11) is -4.71. The SMILES string of the molecule is C=CCCCCCCCCCO[C@@H]1O[C@H](COS(=O)(=O)O)[C@@H](O)[C@H](O)[C@H]1O. The molecule has 0 bridgehead atoms. The maximum atomic E-state index is 10.6. The predicted octanol–water partition coefficient (Wildman–Crippen LogP) is 0.937. The van der Waals surface area contributed by atoms with Crippen LogP contribution in [0, 0.1) is 0 Å². The third-order valence-corrected chi connectivity index (χ3v) is 4.82. The molecule has 1 aliphatic heterocycles. The quantitative estimate of drug-likeness (QED) is 0.186. The van der Waals surface area contributed by atoms with Crippen LogP contribution in [0.1, 0.15) is 51.4 Å². The Morgan fingerprint density at radius 2 is 1.52 bits per heavy atom. The van der Waals surface area contributed by atoms with E-state index in [1.165, 1.54) is 19.3 Å². The molecule has 160 valence electrons. The van der Waals surface area contributed by atoms with Gasteiger partial charge in [0.05, 0.1) is 6.61 Å². The molecule has 10 heteroatoms.